The summed E-state index contributed by atoms with van der Waals surface area (Å²) in [5, 5.41) is 2.70. The number of ketones is 1. The van der Waals surface area contributed by atoms with Crippen LogP contribution in [0.25, 0.3) is 11.0 Å². The Morgan fingerprint density at radius 1 is 1.14 bits per heavy atom. The molecular formula is C30H38F2N4O7. The first-order valence-electron chi connectivity index (χ1n) is 14.5. The average molecular weight is 605 g/mol. The third-order valence-corrected chi connectivity index (χ3v) is 8.33. The standard InChI is InChI=1S/C30H38F2N4O7/c1-15-22-13-36(23(15)16(2)37)27(38)25(29(3,4)5)35-28(39)43-21-11-17(21)14-41-10-9-30(31,32)24-26(42-22)34-20-12-18(40-6)7-8-19(20)33-24/h7-8,12,15,17,21-23,25H,9-11,13-14H2,1-6H3,(H,35,39)/t15-,17+,21-,22+,23+,25-/m1/s1. The van der Waals surface area contributed by atoms with Gasteiger partial charge in [0.05, 0.1) is 43.9 Å². The van der Waals surface area contributed by atoms with Crippen LogP contribution < -0.4 is 14.8 Å². The van der Waals surface area contributed by atoms with Crippen molar-refractivity contribution in [2.24, 2.45) is 17.3 Å². The number of ether oxygens (including phenoxy) is 4. The first-order valence-corrected chi connectivity index (χ1v) is 14.5. The first kappa shape index (κ1) is 30.8. The highest BCUT2D eigenvalue weighted by atomic mass is 19.3. The molecule has 1 N–H and O–H groups in total. The van der Waals surface area contributed by atoms with Crippen molar-refractivity contribution >= 4 is 28.8 Å². The van der Waals surface area contributed by atoms with Crippen LogP contribution in [0, 0.1) is 17.3 Å². The number of aromatic nitrogens is 2. The molecule has 2 aromatic rings. The summed E-state index contributed by atoms with van der Waals surface area (Å²) in [5.74, 6) is -4.94. The van der Waals surface area contributed by atoms with E-state index in [-0.39, 0.29) is 42.5 Å². The van der Waals surface area contributed by atoms with Gasteiger partial charge in [0.1, 0.15) is 24.0 Å². The average Bonchev–Trinajstić information content (AvgIpc) is 3.58. The molecule has 234 valence electrons. The zero-order valence-corrected chi connectivity index (χ0v) is 25.2. The molecular weight excluding hydrogens is 566 g/mol. The molecule has 6 atom stereocenters. The fraction of sp³-hybridized carbons (Fsp3) is 0.633. The van der Waals surface area contributed by atoms with Gasteiger partial charge in [0.2, 0.25) is 11.8 Å². The Bertz CT molecular complexity index is 1410. The van der Waals surface area contributed by atoms with Crippen molar-refractivity contribution < 1.29 is 42.1 Å². The zero-order valence-electron chi connectivity index (χ0n) is 25.2. The quantitative estimate of drug-likeness (QED) is 0.543. The van der Waals surface area contributed by atoms with Gasteiger partial charge in [-0.05, 0) is 30.9 Å². The molecule has 5 rings (SSSR count). The number of hydrogen-bond acceptors (Lipinski definition) is 9. The van der Waals surface area contributed by atoms with Crippen molar-refractivity contribution in [1.82, 2.24) is 20.2 Å². The smallest absolute Gasteiger partial charge is 0.408 e. The maximum atomic E-state index is 15.8. The summed E-state index contributed by atoms with van der Waals surface area (Å²) in [6, 6.07) is 2.76. The summed E-state index contributed by atoms with van der Waals surface area (Å²) in [6.45, 7) is 8.22. The Kier molecular flexibility index (Phi) is 8.23. The summed E-state index contributed by atoms with van der Waals surface area (Å²) in [4.78, 5) is 49.7. The number of nitrogens with zero attached hydrogens (tertiary/aromatic N) is 3. The highest BCUT2D eigenvalue weighted by molar-refractivity contribution is 5.92. The van der Waals surface area contributed by atoms with E-state index in [1.807, 2.05) is 0 Å². The van der Waals surface area contributed by atoms with Crippen LogP contribution in [0.5, 0.6) is 11.6 Å². The SMILES string of the molecule is COc1ccc2nc3c(nc2c1)O[C@H]1CN(C(=O)[C@H](C(C)(C)C)NC(=O)O[C@@H]2C[C@H]2COCCC3(F)F)[C@H](C(C)=O)[C@@H]1C. The van der Waals surface area contributed by atoms with Gasteiger partial charge in [0.15, 0.2) is 11.5 Å². The number of nitrogens with one attached hydrogen (secondary N) is 1. The van der Waals surface area contributed by atoms with Gasteiger partial charge < -0.3 is 29.2 Å². The number of alkyl halides is 2. The molecule has 11 nitrogen and oxygen atoms in total. The van der Waals surface area contributed by atoms with Crippen LogP contribution in [0.1, 0.15) is 53.2 Å². The Morgan fingerprint density at radius 2 is 1.88 bits per heavy atom. The van der Waals surface area contributed by atoms with E-state index in [1.165, 1.54) is 25.0 Å². The lowest BCUT2D eigenvalue weighted by Crippen LogP contribution is -2.57. The van der Waals surface area contributed by atoms with E-state index < -0.39 is 71.5 Å². The lowest BCUT2D eigenvalue weighted by atomic mass is 9.85. The first-order chi connectivity index (χ1) is 20.2. The molecule has 2 amide bonds. The summed E-state index contributed by atoms with van der Waals surface area (Å²) >= 11 is 0. The van der Waals surface area contributed by atoms with Crippen molar-refractivity contribution in [3.8, 4) is 11.6 Å². The van der Waals surface area contributed by atoms with Crippen LogP contribution in [-0.2, 0) is 25.0 Å². The number of Topliss-reactive ketones (excluding diaryl/α,β-unsaturated/α-hetero) is 1. The molecule has 1 aromatic heterocycles. The molecule has 1 saturated heterocycles. The second-order valence-corrected chi connectivity index (χ2v) is 12.7. The van der Waals surface area contributed by atoms with Gasteiger partial charge in [0, 0.05) is 24.3 Å². The molecule has 2 aliphatic heterocycles. The molecule has 0 radical (unpaired) electrons. The number of fused-ring (bicyclic) bond motifs is 5. The Morgan fingerprint density at radius 3 is 2.56 bits per heavy atom. The van der Waals surface area contributed by atoms with E-state index in [9.17, 15) is 14.4 Å². The van der Waals surface area contributed by atoms with Crippen LogP contribution in [0.15, 0.2) is 18.2 Å². The van der Waals surface area contributed by atoms with Crippen molar-refractivity contribution in [2.45, 2.75) is 77.7 Å². The fourth-order valence-electron chi connectivity index (χ4n) is 5.73. The molecule has 1 aliphatic carbocycles. The van der Waals surface area contributed by atoms with Crippen LogP contribution in [-0.4, -0.2) is 83.8 Å². The van der Waals surface area contributed by atoms with Gasteiger partial charge in [-0.2, -0.15) is 8.78 Å². The lowest BCUT2D eigenvalue weighted by molar-refractivity contribution is -0.141. The van der Waals surface area contributed by atoms with E-state index in [4.69, 9.17) is 18.9 Å². The van der Waals surface area contributed by atoms with Crippen molar-refractivity contribution in [1.29, 1.82) is 0 Å². The highest BCUT2D eigenvalue weighted by Crippen LogP contribution is 2.40. The maximum Gasteiger partial charge on any atom is 0.408 e. The molecule has 2 bridgehead atoms. The zero-order chi connectivity index (χ0) is 31.3. The summed E-state index contributed by atoms with van der Waals surface area (Å²) < 4.78 is 54.0. The van der Waals surface area contributed by atoms with E-state index in [2.05, 4.69) is 15.3 Å². The van der Waals surface area contributed by atoms with Crippen LogP contribution in [0.3, 0.4) is 0 Å². The second-order valence-electron chi connectivity index (χ2n) is 12.7. The molecule has 3 aliphatic rings. The third-order valence-electron chi connectivity index (χ3n) is 8.33. The number of carbonyl (C=O) groups is 3. The van der Waals surface area contributed by atoms with Crippen molar-refractivity contribution in [2.75, 3.05) is 26.9 Å². The van der Waals surface area contributed by atoms with Crippen molar-refractivity contribution in [3.63, 3.8) is 0 Å². The van der Waals surface area contributed by atoms with E-state index in [0.29, 0.717) is 12.2 Å². The molecule has 13 heteroatoms. The van der Waals surface area contributed by atoms with Gasteiger partial charge in [-0.1, -0.05) is 27.7 Å². The molecule has 3 heterocycles. The minimum absolute atomic E-state index is 0.0931. The normalized spacial score (nSPS) is 29.7. The monoisotopic (exact) mass is 604 g/mol. The van der Waals surface area contributed by atoms with Gasteiger partial charge in [-0.3, -0.25) is 9.59 Å². The highest BCUT2D eigenvalue weighted by Gasteiger charge is 2.50. The number of methoxy groups -OCH3 is 1. The molecule has 0 unspecified atom stereocenters. The van der Waals surface area contributed by atoms with Crippen LogP contribution in [0.2, 0.25) is 0 Å². The van der Waals surface area contributed by atoms with Gasteiger partial charge in [-0.15, -0.1) is 0 Å². The maximum absolute atomic E-state index is 15.8. The Balaban J connectivity index is 1.57. The molecule has 1 saturated carbocycles. The van der Waals surface area contributed by atoms with Crippen LogP contribution >= 0.6 is 0 Å². The van der Waals surface area contributed by atoms with E-state index >= 15 is 8.78 Å². The van der Waals surface area contributed by atoms with Gasteiger partial charge >= 0.3 is 6.09 Å². The minimum Gasteiger partial charge on any atom is -0.497 e. The topological polar surface area (TPSA) is 129 Å². The largest absolute Gasteiger partial charge is 0.497 e. The number of hydrogen-bond donors (Lipinski definition) is 1. The molecule has 0 spiro atoms. The number of benzene rings is 1. The molecule has 2 fully saturated rings. The van der Waals surface area contributed by atoms with E-state index in [1.54, 1.807) is 39.8 Å². The lowest BCUT2D eigenvalue weighted by Gasteiger charge is -2.35. The molecule has 1 aromatic carbocycles. The Hall–Kier alpha value is -3.61. The summed E-state index contributed by atoms with van der Waals surface area (Å²) in [7, 11) is 1.48. The predicted molar refractivity (Wildman–Crippen MR) is 150 cm³/mol. The Labute approximate surface area is 248 Å². The number of halogens is 2. The van der Waals surface area contributed by atoms with Crippen LogP contribution in [0.4, 0.5) is 13.6 Å². The predicted octanol–water partition coefficient (Wildman–Crippen LogP) is 3.86. The number of alkyl carbamates (subject to hydrolysis) is 1. The van der Waals surface area contributed by atoms with Gasteiger partial charge in [0.25, 0.3) is 5.92 Å². The molecule has 43 heavy (non-hydrogen) atoms. The number of amides is 2. The number of carbonyl (C=O) groups excluding carboxylic acids is 3. The third kappa shape index (κ3) is 6.36. The van der Waals surface area contributed by atoms with E-state index in [0.717, 1.165) is 0 Å². The number of rotatable bonds is 2. The fourth-order valence-corrected chi connectivity index (χ4v) is 5.73. The summed E-state index contributed by atoms with van der Waals surface area (Å²) in [5.41, 5.74) is -0.890. The van der Waals surface area contributed by atoms with Gasteiger partial charge in [-0.25, -0.2) is 14.8 Å². The second kappa shape index (κ2) is 11.5. The minimum atomic E-state index is -3.48. The van der Waals surface area contributed by atoms with Crippen molar-refractivity contribution in [3.05, 3.63) is 23.9 Å². The summed E-state index contributed by atoms with van der Waals surface area (Å²) in [6.07, 6.45) is -2.25.